The summed E-state index contributed by atoms with van der Waals surface area (Å²) in [4.78, 5) is 2.01. The van der Waals surface area contributed by atoms with Crippen molar-refractivity contribution in [1.29, 1.82) is 0 Å². The number of hydrogen-bond donors (Lipinski definition) is 1. The highest BCUT2D eigenvalue weighted by Crippen LogP contribution is 2.42. The first-order valence-corrected chi connectivity index (χ1v) is 7.21. The van der Waals surface area contributed by atoms with Crippen molar-refractivity contribution in [1.82, 2.24) is 14.7 Å². The maximum Gasteiger partial charge on any atom is 0.289 e. The standard InChI is InChI=1S/C14H20F3N3O/c1-9-5-11-10(6-19(9)2)12-14(16,17)4-3-13(21,7-15)8-20(12)18-11/h9,21H,3-8H2,1-2H3/t9-,13-/m1/s1. The first kappa shape index (κ1) is 14.8. The van der Waals surface area contributed by atoms with Gasteiger partial charge in [-0.05, 0) is 20.4 Å². The Labute approximate surface area is 121 Å². The zero-order chi connectivity index (χ0) is 15.4. The van der Waals surface area contributed by atoms with E-state index < -0.39 is 24.6 Å². The number of aliphatic hydroxyl groups is 1. The van der Waals surface area contributed by atoms with E-state index in [1.807, 2.05) is 18.9 Å². The van der Waals surface area contributed by atoms with E-state index in [2.05, 4.69) is 5.10 Å². The summed E-state index contributed by atoms with van der Waals surface area (Å²) >= 11 is 0. The van der Waals surface area contributed by atoms with Crippen molar-refractivity contribution < 1.29 is 18.3 Å². The Morgan fingerprint density at radius 2 is 2.10 bits per heavy atom. The third-order valence-corrected chi connectivity index (χ3v) is 4.73. The van der Waals surface area contributed by atoms with Crippen molar-refractivity contribution in [3.63, 3.8) is 0 Å². The Bertz CT molecular complexity index is 560. The minimum atomic E-state index is -3.08. The number of halogens is 3. The van der Waals surface area contributed by atoms with Crippen LogP contribution in [0.4, 0.5) is 13.2 Å². The fourth-order valence-electron chi connectivity index (χ4n) is 3.22. The third-order valence-electron chi connectivity index (χ3n) is 4.73. The summed E-state index contributed by atoms with van der Waals surface area (Å²) in [5.41, 5.74) is -0.691. The molecule has 0 saturated carbocycles. The predicted molar refractivity (Wildman–Crippen MR) is 70.9 cm³/mol. The third kappa shape index (κ3) is 2.36. The fourth-order valence-corrected chi connectivity index (χ4v) is 3.22. The molecule has 0 aromatic carbocycles. The lowest BCUT2D eigenvalue weighted by molar-refractivity contribution is -0.0475. The number of rotatable bonds is 1. The van der Waals surface area contributed by atoms with Crippen LogP contribution in [0.3, 0.4) is 0 Å². The molecule has 1 N–H and O–H groups in total. The van der Waals surface area contributed by atoms with Crippen LogP contribution in [0.25, 0.3) is 0 Å². The Kier molecular flexibility index (Phi) is 3.33. The number of alkyl halides is 3. The number of fused-ring (bicyclic) bond motifs is 3. The number of likely N-dealkylation sites (N-methyl/N-ethyl adjacent to an activating group) is 1. The number of nitrogens with zero attached hydrogens (tertiary/aromatic N) is 3. The first-order valence-electron chi connectivity index (χ1n) is 7.21. The topological polar surface area (TPSA) is 41.3 Å². The van der Waals surface area contributed by atoms with Gasteiger partial charge in [0.2, 0.25) is 0 Å². The van der Waals surface area contributed by atoms with Crippen LogP contribution >= 0.6 is 0 Å². The van der Waals surface area contributed by atoms with E-state index in [1.54, 1.807) is 0 Å². The summed E-state index contributed by atoms with van der Waals surface area (Å²) in [5.74, 6) is -3.08. The molecule has 0 bridgehead atoms. The van der Waals surface area contributed by atoms with Gasteiger partial charge in [0.05, 0.1) is 12.2 Å². The SMILES string of the molecule is C[C@@H]1Cc2nn3c(c2CN1C)C(F)(F)CC[C@@](O)(CF)C3. The van der Waals surface area contributed by atoms with E-state index in [4.69, 9.17) is 0 Å². The second-order valence-corrected chi connectivity index (χ2v) is 6.46. The van der Waals surface area contributed by atoms with Crippen molar-refractivity contribution in [2.75, 3.05) is 13.7 Å². The van der Waals surface area contributed by atoms with Crippen LogP contribution in [-0.2, 0) is 25.4 Å². The van der Waals surface area contributed by atoms with Crippen LogP contribution in [0.15, 0.2) is 0 Å². The second-order valence-electron chi connectivity index (χ2n) is 6.46. The highest BCUT2D eigenvalue weighted by atomic mass is 19.3. The molecule has 1 aromatic rings. The maximum absolute atomic E-state index is 14.5. The summed E-state index contributed by atoms with van der Waals surface area (Å²) in [6, 6.07) is 0.227. The fraction of sp³-hybridized carbons (Fsp3) is 0.786. The van der Waals surface area contributed by atoms with Gasteiger partial charge in [-0.1, -0.05) is 0 Å². The Morgan fingerprint density at radius 3 is 2.76 bits per heavy atom. The summed E-state index contributed by atoms with van der Waals surface area (Å²) in [6.45, 7) is 1.18. The van der Waals surface area contributed by atoms with Crippen LogP contribution < -0.4 is 0 Å². The van der Waals surface area contributed by atoms with Gasteiger partial charge in [0.15, 0.2) is 0 Å². The average molecular weight is 303 g/mol. The summed E-state index contributed by atoms with van der Waals surface area (Å²) < 4.78 is 43.1. The van der Waals surface area contributed by atoms with Gasteiger partial charge in [0, 0.05) is 31.0 Å². The molecule has 118 valence electrons. The van der Waals surface area contributed by atoms with E-state index in [9.17, 15) is 18.3 Å². The largest absolute Gasteiger partial charge is 0.385 e. The lowest BCUT2D eigenvalue weighted by atomic mass is 9.95. The lowest BCUT2D eigenvalue weighted by Gasteiger charge is -2.30. The molecule has 3 rings (SSSR count). The van der Waals surface area contributed by atoms with Crippen LogP contribution in [0.2, 0.25) is 0 Å². The molecule has 0 amide bonds. The molecule has 0 fully saturated rings. The molecule has 0 unspecified atom stereocenters. The molecule has 2 aliphatic rings. The highest BCUT2D eigenvalue weighted by molar-refractivity contribution is 5.33. The van der Waals surface area contributed by atoms with Crippen molar-refractivity contribution in [2.24, 2.45) is 0 Å². The molecule has 2 aliphatic heterocycles. The molecular weight excluding hydrogens is 283 g/mol. The molecule has 0 saturated heterocycles. The van der Waals surface area contributed by atoms with Gasteiger partial charge < -0.3 is 5.11 Å². The monoisotopic (exact) mass is 303 g/mol. The Balaban J connectivity index is 2.10. The summed E-state index contributed by atoms with van der Waals surface area (Å²) in [6.07, 6.45) is -0.221. The number of hydrogen-bond acceptors (Lipinski definition) is 3. The molecule has 21 heavy (non-hydrogen) atoms. The van der Waals surface area contributed by atoms with Gasteiger partial charge >= 0.3 is 0 Å². The van der Waals surface area contributed by atoms with E-state index in [1.165, 1.54) is 0 Å². The summed E-state index contributed by atoms with van der Waals surface area (Å²) in [7, 11) is 1.89. The van der Waals surface area contributed by atoms with Crippen molar-refractivity contribution >= 4 is 0 Å². The minimum Gasteiger partial charge on any atom is -0.385 e. The van der Waals surface area contributed by atoms with Gasteiger partial charge in [-0.2, -0.15) is 13.9 Å². The van der Waals surface area contributed by atoms with Crippen molar-refractivity contribution in [3.05, 3.63) is 17.0 Å². The first-order chi connectivity index (χ1) is 9.76. The van der Waals surface area contributed by atoms with E-state index >= 15 is 0 Å². The average Bonchev–Trinajstić information content (AvgIpc) is 2.70. The molecular formula is C14H20F3N3O. The molecule has 3 heterocycles. The van der Waals surface area contributed by atoms with Crippen LogP contribution in [0.1, 0.15) is 36.7 Å². The molecule has 2 atom stereocenters. The summed E-state index contributed by atoms with van der Waals surface area (Å²) in [5, 5.41) is 14.4. The van der Waals surface area contributed by atoms with Crippen molar-refractivity contribution in [3.8, 4) is 0 Å². The molecule has 7 heteroatoms. The maximum atomic E-state index is 14.5. The highest BCUT2D eigenvalue weighted by Gasteiger charge is 2.47. The zero-order valence-electron chi connectivity index (χ0n) is 12.2. The lowest BCUT2D eigenvalue weighted by Crippen LogP contribution is -2.36. The van der Waals surface area contributed by atoms with Gasteiger partial charge in [-0.3, -0.25) is 9.58 Å². The quantitative estimate of drug-likeness (QED) is 0.861. The molecule has 4 nitrogen and oxygen atoms in total. The molecule has 0 aliphatic carbocycles. The smallest absolute Gasteiger partial charge is 0.289 e. The normalized spacial score (nSPS) is 32.4. The van der Waals surface area contributed by atoms with Crippen LogP contribution in [0, 0.1) is 0 Å². The van der Waals surface area contributed by atoms with E-state index in [-0.39, 0.29) is 24.7 Å². The molecule has 1 aromatic heterocycles. The van der Waals surface area contributed by atoms with Gasteiger partial charge in [0.1, 0.15) is 18.0 Å². The van der Waals surface area contributed by atoms with Crippen LogP contribution in [-0.4, -0.2) is 45.2 Å². The second kappa shape index (κ2) is 4.71. The predicted octanol–water partition coefficient (Wildman–Crippen LogP) is 1.85. The van der Waals surface area contributed by atoms with Crippen LogP contribution in [0.5, 0.6) is 0 Å². The Hall–Kier alpha value is -1.08. The number of aromatic nitrogens is 2. The zero-order valence-corrected chi connectivity index (χ0v) is 12.2. The van der Waals surface area contributed by atoms with Gasteiger partial charge in [-0.15, -0.1) is 0 Å². The minimum absolute atomic E-state index is 0.138. The van der Waals surface area contributed by atoms with Crippen molar-refractivity contribution in [2.45, 2.75) is 56.8 Å². The van der Waals surface area contributed by atoms with E-state index in [0.29, 0.717) is 24.2 Å². The molecule has 0 radical (unpaired) electrons. The van der Waals surface area contributed by atoms with E-state index in [0.717, 1.165) is 4.68 Å². The van der Waals surface area contributed by atoms with Gasteiger partial charge in [-0.25, -0.2) is 4.39 Å². The van der Waals surface area contributed by atoms with Gasteiger partial charge in [0.25, 0.3) is 5.92 Å². The molecule has 0 spiro atoms. The Morgan fingerprint density at radius 1 is 1.38 bits per heavy atom.